The van der Waals surface area contributed by atoms with Crippen LogP contribution in [0.3, 0.4) is 0 Å². The number of nitrogens with zero attached hydrogens (tertiary/aromatic N) is 3. The van der Waals surface area contributed by atoms with E-state index in [0.717, 1.165) is 29.6 Å². The zero-order valence-electron chi connectivity index (χ0n) is 22.1. The van der Waals surface area contributed by atoms with Gasteiger partial charge in [-0.3, -0.25) is 9.59 Å². The van der Waals surface area contributed by atoms with Gasteiger partial charge in [0.25, 0.3) is 0 Å². The summed E-state index contributed by atoms with van der Waals surface area (Å²) in [7, 11) is 0. The van der Waals surface area contributed by atoms with Gasteiger partial charge >= 0.3 is 0 Å². The zero-order chi connectivity index (χ0) is 27.3. The van der Waals surface area contributed by atoms with Crippen LogP contribution in [-0.4, -0.2) is 46.3 Å². The first kappa shape index (κ1) is 24.2. The molecule has 2 aliphatic heterocycles. The largest absolute Gasteiger partial charge is 0.361 e. The number of likely N-dealkylation sites (tertiary alicyclic amines) is 1. The van der Waals surface area contributed by atoms with Gasteiger partial charge in [0.1, 0.15) is 0 Å². The standard InChI is InChI=1S/C33H29N5O2/c34-18-22-9-11-24(12-10-22)38-21-23(17-31(38)39)32(40)37-15-13-33(14-16-37,27-19-35-29-7-3-1-5-25(27)29)28-20-36-30-8-4-2-6-26(28)30/h1-12,19-20,23,35-36H,13-17,21H2/t23-/m0/s1. The van der Waals surface area contributed by atoms with Crippen LogP contribution in [0.5, 0.6) is 0 Å². The van der Waals surface area contributed by atoms with Crippen molar-refractivity contribution in [1.82, 2.24) is 14.9 Å². The SMILES string of the molecule is N#Cc1ccc(N2C[C@@H](C(=O)N3CCC(c4c[nH]c5ccccc45)(c4c[nH]c5ccccc45)CC3)CC2=O)cc1. The summed E-state index contributed by atoms with van der Waals surface area (Å²) >= 11 is 0. The van der Waals surface area contributed by atoms with Crippen molar-refractivity contribution in [3.8, 4) is 6.07 Å². The molecule has 2 aliphatic rings. The number of rotatable bonds is 4. The Hall–Kier alpha value is -4.83. The normalized spacial score (nSPS) is 18.9. The lowest BCUT2D eigenvalue weighted by atomic mass is 9.67. The number of benzene rings is 3. The molecule has 2 N–H and O–H groups in total. The molecule has 5 aromatic rings. The van der Waals surface area contributed by atoms with Crippen molar-refractivity contribution in [2.75, 3.05) is 24.5 Å². The smallest absolute Gasteiger partial charge is 0.228 e. The number of nitriles is 1. The van der Waals surface area contributed by atoms with E-state index in [-0.39, 0.29) is 29.6 Å². The summed E-state index contributed by atoms with van der Waals surface area (Å²) in [6.45, 7) is 1.62. The third kappa shape index (κ3) is 3.79. The number of piperidine rings is 1. The first-order valence-electron chi connectivity index (χ1n) is 13.8. The molecule has 2 fully saturated rings. The number of amides is 2. The minimum absolute atomic E-state index is 0.0491. The summed E-state index contributed by atoms with van der Waals surface area (Å²) in [5.74, 6) is -0.361. The van der Waals surface area contributed by atoms with Crippen LogP contribution in [0.2, 0.25) is 0 Å². The maximum absolute atomic E-state index is 13.7. The van der Waals surface area contributed by atoms with E-state index >= 15 is 0 Å². The highest BCUT2D eigenvalue weighted by Crippen LogP contribution is 2.47. The lowest BCUT2D eigenvalue weighted by Gasteiger charge is -2.43. The van der Waals surface area contributed by atoms with Gasteiger partial charge in [0.15, 0.2) is 0 Å². The highest BCUT2D eigenvalue weighted by Gasteiger charge is 2.44. The van der Waals surface area contributed by atoms with E-state index in [1.165, 1.54) is 21.9 Å². The minimum atomic E-state index is -0.364. The van der Waals surface area contributed by atoms with Crippen LogP contribution >= 0.6 is 0 Å². The van der Waals surface area contributed by atoms with Crippen molar-refractivity contribution in [3.05, 3.63) is 102 Å². The number of fused-ring (bicyclic) bond motifs is 2. The van der Waals surface area contributed by atoms with E-state index in [4.69, 9.17) is 5.26 Å². The first-order chi connectivity index (χ1) is 19.6. The average Bonchev–Trinajstić information content (AvgIpc) is 3.74. The highest BCUT2D eigenvalue weighted by atomic mass is 16.2. The fraction of sp³-hybridized carbons (Fsp3) is 0.242. The second-order valence-corrected chi connectivity index (χ2v) is 11.0. The molecule has 0 radical (unpaired) electrons. The molecule has 7 heteroatoms. The molecule has 0 spiro atoms. The Bertz CT molecular complexity index is 1710. The molecule has 3 aromatic carbocycles. The van der Waals surface area contributed by atoms with E-state index in [1.54, 1.807) is 29.2 Å². The maximum atomic E-state index is 13.7. The molecule has 2 saturated heterocycles. The van der Waals surface area contributed by atoms with Gasteiger partial charge in [0, 0.05) is 71.4 Å². The topological polar surface area (TPSA) is 96.0 Å². The Morgan fingerprint density at radius 3 is 2.00 bits per heavy atom. The van der Waals surface area contributed by atoms with Crippen LogP contribution in [-0.2, 0) is 15.0 Å². The predicted octanol–water partition coefficient (Wildman–Crippen LogP) is 5.48. The number of carbonyl (C=O) groups is 2. The molecule has 7 rings (SSSR count). The summed E-state index contributed by atoms with van der Waals surface area (Å²) in [5.41, 5.74) is 5.78. The second-order valence-electron chi connectivity index (χ2n) is 11.0. The number of para-hydroxylation sites is 2. The Kier molecular flexibility index (Phi) is 5.71. The lowest BCUT2D eigenvalue weighted by Crippen LogP contribution is -2.47. The highest BCUT2D eigenvalue weighted by molar-refractivity contribution is 6.00. The van der Waals surface area contributed by atoms with E-state index in [1.807, 2.05) is 17.0 Å². The molecule has 40 heavy (non-hydrogen) atoms. The number of hydrogen-bond donors (Lipinski definition) is 2. The van der Waals surface area contributed by atoms with Crippen molar-refractivity contribution >= 4 is 39.3 Å². The lowest BCUT2D eigenvalue weighted by molar-refractivity contribution is -0.137. The van der Waals surface area contributed by atoms with E-state index in [0.29, 0.717) is 25.2 Å². The van der Waals surface area contributed by atoms with Gasteiger partial charge in [-0.15, -0.1) is 0 Å². The molecule has 0 bridgehead atoms. The Morgan fingerprint density at radius 1 is 0.850 bits per heavy atom. The van der Waals surface area contributed by atoms with Gasteiger partial charge in [-0.05, 0) is 60.4 Å². The molecule has 2 amide bonds. The van der Waals surface area contributed by atoms with Gasteiger partial charge in [-0.25, -0.2) is 0 Å². The molecular weight excluding hydrogens is 498 g/mol. The molecule has 4 heterocycles. The van der Waals surface area contributed by atoms with E-state index in [9.17, 15) is 9.59 Å². The number of hydrogen-bond acceptors (Lipinski definition) is 3. The molecule has 1 atom stereocenters. The molecule has 7 nitrogen and oxygen atoms in total. The summed E-state index contributed by atoms with van der Waals surface area (Å²) < 4.78 is 0. The molecule has 0 aliphatic carbocycles. The maximum Gasteiger partial charge on any atom is 0.228 e. The van der Waals surface area contributed by atoms with Gasteiger partial charge in [0.2, 0.25) is 11.8 Å². The number of aromatic nitrogens is 2. The zero-order valence-corrected chi connectivity index (χ0v) is 22.1. The number of H-pyrrole nitrogens is 2. The van der Waals surface area contributed by atoms with Gasteiger partial charge in [-0.1, -0.05) is 36.4 Å². The minimum Gasteiger partial charge on any atom is -0.361 e. The van der Waals surface area contributed by atoms with Crippen molar-refractivity contribution < 1.29 is 9.59 Å². The molecule has 2 aromatic heterocycles. The van der Waals surface area contributed by atoms with E-state index in [2.05, 4.69) is 64.8 Å². The van der Waals surface area contributed by atoms with Crippen LogP contribution in [0.15, 0.2) is 85.2 Å². The number of anilines is 1. The average molecular weight is 528 g/mol. The Labute approximate surface area is 232 Å². The predicted molar refractivity (Wildman–Crippen MR) is 155 cm³/mol. The molecule has 0 unspecified atom stereocenters. The van der Waals surface area contributed by atoms with Crippen LogP contribution in [0, 0.1) is 17.2 Å². The van der Waals surface area contributed by atoms with Crippen LogP contribution in [0.25, 0.3) is 21.8 Å². The molecule has 198 valence electrons. The second kappa shape index (κ2) is 9.42. The van der Waals surface area contributed by atoms with Crippen LogP contribution in [0.4, 0.5) is 5.69 Å². The number of aromatic amines is 2. The van der Waals surface area contributed by atoms with Crippen molar-refractivity contribution in [1.29, 1.82) is 5.26 Å². The Morgan fingerprint density at radius 2 is 1.43 bits per heavy atom. The van der Waals surface area contributed by atoms with Crippen molar-refractivity contribution in [3.63, 3.8) is 0 Å². The van der Waals surface area contributed by atoms with Gasteiger partial charge in [-0.2, -0.15) is 5.26 Å². The van der Waals surface area contributed by atoms with Crippen molar-refractivity contribution in [2.45, 2.75) is 24.7 Å². The summed E-state index contributed by atoms with van der Waals surface area (Å²) in [4.78, 5) is 37.2. The third-order valence-electron chi connectivity index (χ3n) is 8.92. The Balaban J connectivity index is 1.17. The summed E-state index contributed by atoms with van der Waals surface area (Å²) in [6.07, 6.45) is 6.10. The summed E-state index contributed by atoms with van der Waals surface area (Å²) in [6, 6.07) is 25.9. The first-order valence-corrected chi connectivity index (χ1v) is 13.8. The monoisotopic (exact) mass is 527 g/mol. The molecule has 0 saturated carbocycles. The summed E-state index contributed by atoms with van der Waals surface area (Å²) in [5, 5.41) is 11.5. The fourth-order valence-electron chi connectivity index (χ4n) is 6.82. The number of carbonyl (C=O) groups excluding carboxylic acids is 2. The van der Waals surface area contributed by atoms with E-state index < -0.39 is 0 Å². The van der Waals surface area contributed by atoms with Gasteiger partial charge < -0.3 is 19.8 Å². The van der Waals surface area contributed by atoms with Crippen LogP contribution < -0.4 is 4.90 Å². The quantitative estimate of drug-likeness (QED) is 0.324. The molecular formula is C33H29N5O2. The third-order valence-corrected chi connectivity index (χ3v) is 8.92. The van der Waals surface area contributed by atoms with Gasteiger partial charge in [0.05, 0.1) is 17.6 Å². The fourth-order valence-corrected chi connectivity index (χ4v) is 6.82. The van der Waals surface area contributed by atoms with Crippen molar-refractivity contribution in [2.24, 2.45) is 5.92 Å². The van der Waals surface area contributed by atoms with Crippen LogP contribution in [0.1, 0.15) is 36.0 Å². The number of nitrogens with one attached hydrogen (secondary N) is 2.